The number of benzene rings is 3. The molecule has 3 aromatic rings. The first-order valence-corrected chi connectivity index (χ1v) is 14.7. The average Bonchev–Trinajstić information content (AvgIpc) is 2.95. The van der Waals surface area contributed by atoms with E-state index in [0.29, 0.717) is 29.0 Å². The van der Waals surface area contributed by atoms with Gasteiger partial charge < -0.3 is 0 Å². The molecule has 0 spiro atoms. The topological polar surface area (TPSA) is 0 Å². The molecule has 39 heavy (non-hydrogen) atoms. The predicted octanol–water partition coefficient (Wildman–Crippen LogP) is 11.5. The fourth-order valence-electron chi connectivity index (χ4n) is 5.62. The Kier molecular flexibility index (Phi) is 10.6. The van der Waals surface area contributed by atoms with Crippen LogP contribution in [-0.2, 0) is 6.42 Å². The van der Waals surface area contributed by atoms with E-state index < -0.39 is 11.6 Å². The van der Waals surface area contributed by atoms with E-state index in [2.05, 4.69) is 25.2 Å². The fourth-order valence-corrected chi connectivity index (χ4v) is 5.62. The number of halogens is 3. The molecule has 3 aromatic carbocycles. The minimum absolute atomic E-state index is 0.225. The first kappa shape index (κ1) is 28.9. The number of aryl methyl sites for hydroxylation is 1. The molecule has 0 fully saturated rings. The van der Waals surface area contributed by atoms with Crippen LogP contribution >= 0.6 is 0 Å². The van der Waals surface area contributed by atoms with E-state index in [1.54, 1.807) is 30.3 Å². The molecule has 0 saturated heterocycles. The first-order chi connectivity index (χ1) is 19.0. The largest absolute Gasteiger partial charge is 0.206 e. The first-order valence-electron chi connectivity index (χ1n) is 14.7. The van der Waals surface area contributed by atoms with Gasteiger partial charge in [0.05, 0.1) is 0 Å². The molecule has 1 aliphatic rings. The Balaban J connectivity index is 1.41. The summed E-state index contributed by atoms with van der Waals surface area (Å²) in [5, 5.41) is 0. The highest BCUT2D eigenvalue weighted by molar-refractivity contribution is 5.74. The third-order valence-electron chi connectivity index (χ3n) is 7.97. The van der Waals surface area contributed by atoms with Crippen LogP contribution in [0.15, 0.2) is 72.8 Å². The van der Waals surface area contributed by atoms with Gasteiger partial charge in [-0.2, -0.15) is 0 Å². The monoisotopic (exact) mass is 530 g/mol. The second-order valence-electron chi connectivity index (χ2n) is 10.8. The zero-order valence-corrected chi connectivity index (χ0v) is 23.4. The van der Waals surface area contributed by atoms with Gasteiger partial charge in [-0.25, -0.2) is 13.2 Å². The smallest absolute Gasteiger partial charge is 0.166 e. The van der Waals surface area contributed by atoms with Crippen molar-refractivity contribution in [2.24, 2.45) is 5.92 Å². The van der Waals surface area contributed by atoms with Crippen molar-refractivity contribution >= 4 is 5.57 Å². The highest BCUT2D eigenvalue weighted by Crippen LogP contribution is 2.34. The predicted molar refractivity (Wildman–Crippen MR) is 159 cm³/mol. The van der Waals surface area contributed by atoms with Gasteiger partial charge in [0.2, 0.25) is 0 Å². The van der Waals surface area contributed by atoms with Gasteiger partial charge in [0.25, 0.3) is 0 Å². The highest BCUT2D eigenvalue weighted by Gasteiger charge is 2.17. The quantitative estimate of drug-likeness (QED) is 0.161. The maximum Gasteiger partial charge on any atom is 0.166 e. The zero-order chi connectivity index (χ0) is 27.6. The summed E-state index contributed by atoms with van der Waals surface area (Å²) >= 11 is 0. The van der Waals surface area contributed by atoms with Crippen LogP contribution in [0.25, 0.3) is 27.8 Å². The Labute approximate surface area is 232 Å². The van der Waals surface area contributed by atoms with Crippen molar-refractivity contribution in [3.8, 4) is 22.3 Å². The summed E-state index contributed by atoms with van der Waals surface area (Å²) in [5.74, 6) is -1.22. The van der Waals surface area contributed by atoms with Crippen LogP contribution in [0.1, 0.15) is 89.2 Å². The molecule has 0 amide bonds. The summed E-state index contributed by atoms with van der Waals surface area (Å²) in [5.41, 5.74) is 4.66. The third kappa shape index (κ3) is 7.53. The average molecular weight is 531 g/mol. The van der Waals surface area contributed by atoms with Crippen LogP contribution in [0.4, 0.5) is 13.2 Å². The van der Waals surface area contributed by atoms with Crippen molar-refractivity contribution in [1.82, 2.24) is 0 Å². The van der Waals surface area contributed by atoms with Crippen molar-refractivity contribution in [3.05, 3.63) is 101 Å². The molecular formula is C36H41F3. The normalized spacial score (nSPS) is 15.6. The van der Waals surface area contributed by atoms with Gasteiger partial charge >= 0.3 is 0 Å². The van der Waals surface area contributed by atoms with Crippen LogP contribution in [0.3, 0.4) is 0 Å². The van der Waals surface area contributed by atoms with Gasteiger partial charge in [-0.15, -0.1) is 0 Å². The van der Waals surface area contributed by atoms with Crippen LogP contribution in [0.5, 0.6) is 0 Å². The molecule has 0 heterocycles. The maximum absolute atomic E-state index is 15.1. The van der Waals surface area contributed by atoms with Gasteiger partial charge in [0.15, 0.2) is 11.6 Å². The van der Waals surface area contributed by atoms with E-state index in [4.69, 9.17) is 0 Å². The second kappa shape index (κ2) is 14.4. The van der Waals surface area contributed by atoms with E-state index in [1.807, 2.05) is 31.2 Å². The molecule has 0 nitrogen and oxygen atoms in total. The van der Waals surface area contributed by atoms with Crippen molar-refractivity contribution in [3.63, 3.8) is 0 Å². The Morgan fingerprint density at radius 3 is 2.08 bits per heavy atom. The van der Waals surface area contributed by atoms with E-state index in [9.17, 15) is 8.78 Å². The summed E-state index contributed by atoms with van der Waals surface area (Å²) in [4.78, 5) is 0. The molecule has 1 aliphatic carbocycles. The molecule has 0 radical (unpaired) electrons. The van der Waals surface area contributed by atoms with E-state index in [1.165, 1.54) is 25.7 Å². The SMILES string of the molecule is C/C=C/C1CC=C(c2ccc(-c3ccc(-c4ccc(CCCCCCCCC)c(F)c4F)cc3)cc2F)CC1. The van der Waals surface area contributed by atoms with Gasteiger partial charge in [-0.1, -0.05) is 112 Å². The zero-order valence-electron chi connectivity index (χ0n) is 23.4. The summed E-state index contributed by atoms with van der Waals surface area (Å²) < 4.78 is 44.9. The molecule has 1 atom stereocenters. The van der Waals surface area contributed by atoms with Crippen LogP contribution < -0.4 is 0 Å². The lowest BCUT2D eigenvalue weighted by atomic mass is 9.86. The van der Waals surface area contributed by atoms with Gasteiger partial charge in [0.1, 0.15) is 5.82 Å². The van der Waals surface area contributed by atoms with E-state index in [0.717, 1.165) is 55.2 Å². The standard InChI is InChI=1S/C36H41F3/c1-3-5-6-7-8-9-10-12-30-21-24-33(36(39)35(30)38)29-19-17-27(18-20-29)31-22-23-32(34(37)25-31)28-15-13-26(11-4-2)14-16-28/h4,11,15,17-26H,3,5-10,12-14,16H2,1-2H3/b11-4+. The second-order valence-corrected chi connectivity index (χ2v) is 10.8. The molecule has 0 N–H and O–H groups in total. The number of rotatable bonds is 12. The Hall–Kier alpha value is -3.07. The molecule has 0 saturated carbocycles. The molecule has 0 aromatic heterocycles. The van der Waals surface area contributed by atoms with Crippen LogP contribution in [0, 0.1) is 23.4 Å². The lowest BCUT2D eigenvalue weighted by molar-refractivity contribution is 0.497. The number of hydrogen-bond donors (Lipinski definition) is 0. The molecule has 0 aliphatic heterocycles. The molecule has 3 heteroatoms. The van der Waals surface area contributed by atoms with Gasteiger partial charge in [0, 0.05) is 11.1 Å². The minimum atomic E-state index is -0.795. The Bertz CT molecular complexity index is 1280. The number of unbranched alkanes of at least 4 members (excludes halogenated alkanes) is 6. The van der Waals surface area contributed by atoms with Crippen LogP contribution in [0.2, 0.25) is 0 Å². The van der Waals surface area contributed by atoms with Gasteiger partial charge in [-0.3, -0.25) is 0 Å². The third-order valence-corrected chi connectivity index (χ3v) is 7.97. The van der Waals surface area contributed by atoms with Crippen LogP contribution in [-0.4, -0.2) is 0 Å². The molecule has 4 rings (SSSR count). The van der Waals surface area contributed by atoms with Crippen molar-refractivity contribution in [2.45, 2.75) is 84.5 Å². The van der Waals surface area contributed by atoms with Crippen molar-refractivity contribution in [1.29, 1.82) is 0 Å². The summed E-state index contributed by atoms with van der Waals surface area (Å²) in [6.07, 6.45) is 17.9. The molecular weight excluding hydrogens is 489 g/mol. The fraction of sp³-hybridized carbons (Fsp3) is 0.389. The molecule has 0 bridgehead atoms. The van der Waals surface area contributed by atoms with Gasteiger partial charge in [-0.05, 0) is 78.8 Å². The molecule has 1 unspecified atom stereocenters. The lowest BCUT2D eigenvalue weighted by Gasteiger charge is -2.20. The van der Waals surface area contributed by atoms with Crippen molar-refractivity contribution < 1.29 is 13.2 Å². The Morgan fingerprint density at radius 2 is 1.41 bits per heavy atom. The van der Waals surface area contributed by atoms with Crippen molar-refractivity contribution in [2.75, 3.05) is 0 Å². The molecule has 206 valence electrons. The van der Waals surface area contributed by atoms with E-state index in [-0.39, 0.29) is 11.4 Å². The summed E-state index contributed by atoms with van der Waals surface area (Å²) in [7, 11) is 0. The number of hydrogen-bond acceptors (Lipinski definition) is 0. The number of allylic oxidation sites excluding steroid dienone is 4. The van der Waals surface area contributed by atoms with E-state index >= 15 is 4.39 Å². The summed E-state index contributed by atoms with van der Waals surface area (Å²) in [6.45, 7) is 4.23. The Morgan fingerprint density at radius 1 is 0.744 bits per heavy atom. The lowest BCUT2D eigenvalue weighted by Crippen LogP contribution is -2.03. The maximum atomic E-state index is 15.1. The minimum Gasteiger partial charge on any atom is -0.206 e. The summed E-state index contributed by atoms with van der Waals surface area (Å²) in [6, 6.07) is 16.0. The highest BCUT2D eigenvalue weighted by atomic mass is 19.2.